The Bertz CT molecular complexity index is 570. The largest absolute Gasteiger partial charge is 0.388 e. The molecular formula is C11H11BrN4S2. The smallest absolute Gasteiger partial charge is 0.226 e. The Kier molecular flexibility index (Phi) is 4.26. The minimum Gasteiger partial charge on any atom is -0.388 e. The second-order valence-electron chi connectivity index (χ2n) is 3.69. The van der Waals surface area contributed by atoms with Crippen molar-refractivity contribution in [1.29, 1.82) is 0 Å². The van der Waals surface area contributed by atoms with Crippen LogP contribution >= 0.6 is 39.5 Å². The predicted octanol–water partition coefficient (Wildman–Crippen LogP) is 2.57. The first kappa shape index (κ1) is 13.4. The molecule has 18 heavy (non-hydrogen) atoms. The van der Waals surface area contributed by atoms with Crippen molar-refractivity contribution in [2.45, 2.75) is 6.54 Å². The average molecular weight is 343 g/mol. The van der Waals surface area contributed by atoms with Crippen LogP contribution in [0.15, 0.2) is 28.2 Å². The number of nitrogens with two attached hydrogens (primary N) is 1. The van der Waals surface area contributed by atoms with Gasteiger partial charge in [0.15, 0.2) is 0 Å². The standard InChI is InChI=1S/C11H11BrN4S2/c1-16(5-8-4-7(12)6-18-8)11-14-3-2-9(15-11)10(13)17/h2-4,6H,5H2,1H3,(H2,13,17). The van der Waals surface area contributed by atoms with Crippen LogP contribution in [0.3, 0.4) is 0 Å². The summed E-state index contributed by atoms with van der Waals surface area (Å²) < 4.78 is 1.09. The number of aromatic nitrogens is 2. The third-order valence-electron chi connectivity index (χ3n) is 2.25. The number of halogens is 1. The molecule has 0 aliphatic carbocycles. The van der Waals surface area contributed by atoms with Gasteiger partial charge in [0, 0.05) is 28.0 Å². The second-order valence-corrected chi connectivity index (χ2v) is 6.04. The Balaban J connectivity index is 2.15. The van der Waals surface area contributed by atoms with E-state index in [2.05, 4.69) is 37.3 Å². The third kappa shape index (κ3) is 3.24. The molecule has 0 spiro atoms. The molecule has 0 saturated carbocycles. The van der Waals surface area contributed by atoms with Crippen LogP contribution in [-0.2, 0) is 6.54 Å². The molecule has 2 aromatic rings. The number of hydrogen-bond acceptors (Lipinski definition) is 5. The minimum atomic E-state index is 0.283. The van der Waals surface area contributed by atoms with Crippen LogP contribution in [0.4, 0.5) is 5.95 Å². The van der Waals surface area contributed by atoms with Crippen LogP contribution in [0.5, 0.6) is 0 Å². The van der Waals surface area contributed by atoms with Gasteiger partial charge in [-0.25, -0.2) is 9.97 Å². The molecule has 0 fully saturated rings. The molecule has 4 nitrogen and oxygen atoms in total. The molecule has 0 aromatic carbocycles. The van der Waals surface area contributed by atoms with Gasteiger partial charge in [0.2, 0.25) is 5.95 Å². The van der Waals surface area contributed by atoms with Crippen LogP contribution in [-0.4, -0.2) is 22.0 Å². The molecule has 2 heterocycles. The highest BCUT2D eigenvalue weighted by atomic mass is 79.9. The summed E-state index contributed by atoms with van der Waals surface area (Å²) in [7, 11) is 1.94. The van der Waals surface area contributed by atoms with E-state index >= 15 is 0 Å². The maximum absolute atomic E-state index is 5.56. The minimum absolute atomic E-state index is 0.283. The Morgan fingerprint density at radius 1 is 1.61 bits per heavy atom. The number of anilines is 1. The lowest BCUT2D eigenvalue weighted by Crippen LogP contribution is -2.20. The molecule has 94 valence electrons. The van der Waals surface area contributed by atoms with Crippen LogP contribution in [0.25, 0.3) is 0 Å². The van der Waals surface area contributed by atoms with Crippen molar-refractivity contribution in [3.63, 3.8) is 0 Å². The van der Waals surface area contributed by atoms with Gasteiger partial charge in [0.25, 0.3) is 0 Å². The lowest BCUT2D eigenvalue weighted by atomic mass is 10.4. The summed E-state index contributed by atoms with van der Waals surface area (Å²) in [6.07, 6.45) is 1.66. The zero-order chi connectivity index (χ0) is 13.1. The highest BCUT2D eigenvalue weighted by molar-refractivity contribution is 9.10. The highest BCUT2D eigenvalue weighted by Crippen LogP contribution is 2.21. The fourth-order valence-corrected chi connectivity index (χ4v) is 3.03. The summed E-state index contributed by atoms with van der Waals surface area (Å²) >= 11 is 10.0. The topological polar surface area (TPSA) is 55.0 Å². The molecule has 0 aliphatic heterocycles. The Labute approximate surface area is 123 Å². The fourth-order valence-electron chi connectivity index (χ4n) is 1.41. The van der Waals surface area contributed by atoms with E-state index in [9.17, 15) is 0 Å². The summed E-state index contributed by atoms with van der Waals surface area (Å²) in [5.41, 5.74) is 6.15. The fraction of sp³-hybridized carbons (Fsp3) is 0.182. The van der Waals surface area contributed by atoms with E-state index in [4.69, 9.17) is 18.0 Å². The van der Waals surface area contributed by atoms with Crippen molar-refractivity contribution < 1.29 is 0 Å². The molecule has 0 aliphatic rings. The van der Waals surface area contributed by atoms with Crippen LogP contribution in [0, 0.1) is 0 Å². The van der Waals surface area contributed by atoms with Gasteiger partial charge in [-0.05, 0) is 28.1 Å². The average Bonchev–Trinajstić information content (AvgIpc) is 2.75. The molecule has 0 bridgehead atoms. The first-order chi connectivity index (χ1) is 8.56. The van der Waals surface area contributed by atoms with E-state index in [1.54, 1.807) is 23.6 Å². The Hall–Kier alpha value is -1.05. The molecule has 0 atom stereocenters. The van der Waals surface area contributed by atoms with Gasteiger partial charge >= 0.3 is 0 Å². The molecule has 0 amide bonds. The number of rotatable bonds is 4. The zero-order valence-electron chi connectivity index (χ0n) is 9.63. The summed E-state index contributed by atoms with van der Waals surface area (Å²) in [6, 6.07) is 3.79. The number of thiocarbonyl (C=S) groups is 1. The van der Waals surface area contributed by atoms with Crippen molar-refractivity contribution in [2.75, 3.05) is 11.9 Å². The van der Waals surface area contributed by atoms with E-state index in [0.717, 1.165) is 11.0 Å². The maximum atomic E-state index is 5.56. The molecular weight excluding hydrogens is 332 g/mol. The zero-order valence-corrected chi connectivity index (χ0v) is 12.8. The first-order valence-electron chi connectivity index (χ1n) is 5.13. The molecule has 2 rings (SSSR count). The van der Waals surface area contributed by atoms with Gasteiger partial charge in [-0.15, -0.1) is 11.3 Å². The van der Waals surface area contributed by atoms with E-state index in [1.165, 1.54) is 4.88 Å². The number of thiophene rings is 1. The second kappa shape index (κ2) is 5.73. The van der Waals surface area contributed by atoms with Crippen LogP contribution < -0.4 is 10.6 Å². The Morgan fingerprint density at radius 2 is 2.39 bits per heavy atom. The quantitative estimate of drug-likeness (QED) is 0.865. The van der Waals surface area contributed by atoms with Gasteiger partial charge in [0.1, 0.15) is 10.7 Å². The van der Waals surface area contributed by atoms with Gasteiger partial charge in [-0.2, -0.15) is 0 Å². The van der Waals surface area contributed by atoms with Crippen LogP contribution in [0.2, 0.25) is 0 Å². The summed E-state index contributed by atoms with van der Waals surface area (Å²) in [5, 5.41) is 2.05. The molecule has 2 aromatic heterocycles. The number of hydrogen-bond donors (Lipinski definition) is 1. The van der Waals surface area contributed by atoms with E-state index in [1.807, 2.05) is 11.9 Å². The SMILES string of the molecule is CN(Cc1cc(Br)cs1)c1nccc(C(N)=S)n1. The first-order valence-corrected chi connectivity index (χ1v) is 7.21. The lowest BCUT2D eigenvalue weighted by molar-refractivity contribution is 0.876. The predicted molar refractivity (Wildman–Crippen MR) is 82.0 cm³/mol. The van der Waals surface area contributed by atoms with Gasteiger partial charge in [-0.1, -0.05) is 12.2 Å². The van der Waals surface area contributed by atoms with Crippen molar-refractivity contribution >= 4 is 50.4 Å². The molecule has 2 N–H and O–H groups in total. The monoisotopic (exact) mass is 342 g/mol. The van der Waals surface area contributed by atoms with Gasteiger partial charge < -0.3 is 10.6 Å². The number of nitrogens with zero attached hydrogens (tertiary/aromatic N) is 3. The maximum Gasteiger partial charge on any atom is 0.226 e. The molecule has 0 saturated heterocycles. The van der Waals surface area contributed by atoms with Gasteiger partial charge in [0.05, 0.1) is 6.54 Å². The molecule has 0 unspecified atom stereocenters. The summed E-state index contributed by atoms with van der Waals surface area (Å²) in [6.45, 7) is 0.747. The van der Waals surface area contributed by atoms with E-state index in [-0.39, 0.29) is 4.99 Å². The molecule has 7 heteroatoms. The molecule has 0 radical (unpaired) electrons. The van der Waals surface area contributed by atoms with E-state index < -0.39 is 0 Å². The van der Waals surface area contributed by atoms with E-state index in [0.29, 0.717) is 11.6 Å². The van der Waals surface area contributed by atoms with Crippen LogP contribution in [0.1, 0.15) is 10.6 Å². The van der Waals surface area contributed by atoms with Crippen molar-refractivity contribution in [2.24, 2.45) is 5.73 Å². The summed E-state index contributed by atoms with van der Waals surface area (Å²) in [5.74, 6) is 0.616. The Morgan fingerprint density at radius 3 is 3.00 bits per heavy atom. The highest BCUT2D eigenvalue weighted by Gasteiger charge is 2.08. The summed E-state index contributed by atoms with van der Waals surface area (Å²) in [4.78, 5) is 12.0. The van der Waals surface area contributed by atoms with Gasteiger partial charge in [-0.3, -0.25) is 0 Å². The van der Waals surface area contributed by atoms with Crippen molar-refractivity contribution in [3.05, 3.63) is 38.8 Å². The normalized spacial score (nSPS) is 10.3. The lowest BCUT2D eigenvalue weighted by Gasteiger charge is -2.16. The van der Waals surface area contributed by atoms with Crippen molar-refractivity contribution in [1.82, 2.24) is 9.97 Å². The van der Waals surface area contributed by atoms with Crippen molar-refractivity contribution in [3.8, 4) is 0 Å². The third-order valence-corrected chi connectivity index (χ3v) is 4.14.